The van der Waals surface area contributed by atoms with E-state index in [1.165, 1.54) is 20.3 Å². The van der Waals surface area contributed by atoms with E-state index >= 15 is 0 Å². The third-order valence-corrected chi connectivity index (χ3v) is 6.76. The molecule has 0 saturated carbocycles. The maximum atomic E-state index is 13.0. The molecular formula is C21H24N2O6S. The van der Waals surface area contributed by atoms with Crippen LogP contribution in [0, 0.1) is 0 Å². The highest BCUT2D eigenvalue weighted by Gasteiger charge is 2.33. The van der Waals surface area contributed by atoms with Crippen LogP contribution in [-0.2, 0) is 26.0 Å². The van der Waals surface area contributed by atoms with Gasteiger partial charge in [-0.25, -0.2) is 8.42 Å². The molecule has 2 aromatic rings. The van der Waals surface area contributed by atoms with Gasteiger partial charge in [-0.15, -0.1) is 0 Å². The zero-order chi connectivity index (χ0) is 21.3. The molecule has 0 aliphatic carbocycles. The van der Waals surface area contributed by atoms with Crippen LogP contribution in [0.5, 0.6) is 11.5 Å². The second kappa shape index (κ2) is 8.16. The fourth-order valence-electron chi connectivity index (χ4n) is 3.84. The molecule has 2 aromatic carbocycles. The highest BCUT2D eigenvalue weighted by molar-refractivity contribution is 7.92. The van der Waals surface area contributed by atoms with Crippen LogP contribution in [0.4, 0.5) is 11.4 Å². The third kappa shape index (κ3) is 3.82. The van der Waals surface area contributed by atoms with Crippen molar-refractivity contribution in [3.63, 3.8) is 0 Å². The van der Waals surface area contributed by atoms with Gasteiger partial charge in [0.25, 0.3) is 15.9 Å². The summed E-state index contributed by atoms with van der Waals surface area (Å²) in [7, 11) is -1.02. The quantitative estimate of drug-likeness (QED) is 0.754. The van der Waals surface area contributed by atoms with Crippen molar-refractivity contribution in [2.24, 2.45) is 0 Å². The molecule has 1 N–H and O–H groups in total. The van der Waals surface area contributed by atoms with Crippen LogP contribution >= 0.6 is 0 Å². The monoisotopic (exact) mass is 432 g/mol. The molecule has 0 spiro atoms. The molecule has 2 aliphatic heterocycles. The number of hydrogen-bond acceptors (Lipinski definition) is 6. The summed E-state index contributed by atoms with van der Waals surface area (Å²) in [5, 5.41) is 0. The summed E-state index contributed by atoms with van der Waals surface area (Å²) in [5.74, 6) is 0.604. The molecule has 2 aliphatic rings. The van der Waals surface area contributed by atoms with E-state index in [1.54, 1.807) is 35.2 Å². The van der Waals surface area contributed by atoms with Crippen molar-refractivity contribution in [1.29, 1.82) is 0 Å². The van der Waals surface area contributed by atoms with E-state index in [9.17, 15) is 13.2 Å². The first-order valence-corrected chi connectivity index (χ1v) is 11.2. The summed E-state index contributed by atoms with van der Waals surface area (Å²) < 4.78 is 44.4. The van der Waals surface area contributed by atoms with Crippen molar-refractivity contribution < 1.29 is 27.4 Å². The third-order valence-electron chi connectivity index (χ3n) is 5.36. The Balaban J connectivity index is 1.57. The summed E-state index contributed by atoms with van der Waals surface area (Å²) in [4.78, 5) is 14.4. The lowest BCUT2D eigenvalue weighted by Gasteiger charge is -2.21. The Morgan fingerprint density at radius 1 is 1.17 bits per heavy atom. The van der Waals surface area contributed by atoms with E-state index in [-0.39, 0.29) is 22.7 Å². The fourth-order valence-corrected chi connectivity index (χ4v) is 5.08. The summed E-state index contributed by atoms with van der Waals surface area (Å²) in [6.45, 7) is 1.18. The minimum absolute atomic E-state index is 0.0139. The highest BCUT2D eigenvalue weighted by atomic mass is 32.2. The minimum atomic E-state index is -3.90. The van der Waals surface area contributed by atoms with Crippen molar-refractivity contribution in [3.05, 3.63) is 42.0 Å². The van der Waals surface area contributed by atoms with Gasteiger partial charge in [0, 0.05) is 30.6 Å². The van der Waals surface area contributed by atoms with Crippen molar-refractivity contribution >= 4 is 27.3 Å². The Kier molecular flexibility index (Phi) is 5.57. The fraction of sp³-hybridized carbons (Fsp3) is 0.381. The Bertz CT molecular complexity index is 1060. The van der Waals surface area contributed by atoms with Crippen LogP contribution in [0.1, 0.15) is 18.4 Å². The Labute approximate surface area is 175 Å². The van der Waals surface area contributed by atoms with Gasteiger partial charge in [-0.1, -0.05) is 0 Å². The van der Waals surface area contributed by atoms with Gasteiger partial charge in [-0.2, -0.15) is 0 Å². The molecule has 1 amide bonds. The number of sulfonamides is 1. The molecule has 1 fully saturated rings. The topological polar surface area (TPSA) is 94.2 Å². The SMILES string of the molecule is COc1ccc(OC)c(S(=O)(=O)Nc2ccc3c(c2)CCN3C(=O)C2CCCO2)c1. The first-order chi connectivity index (χ1) is 14.4. The first kappa shape index (κ1) is 20.5. The summed E-state index contributed by atoms with van der Waals surface area (Å²) >= 11 is 0. The van der Waals surface area contributed by atoms with Crippen LogP contribution in [0.3, 0.4) is 0 Å². The number of amides is 1. The lowest BCUT2D eigenvalue weighted by atomic mass is 10.1. The molecule has 0 radical (unpaired) electrons. The van der Waals surface area contributed by atoms with Gasteiger partial charge in [-0.05, 0) is 55.2 Å². The number of nitrogens with one attached hydrogen (secondary N) is 1. The number of anilines is 2. The molecular weight excluding hydrogens is 408 g/mol. The maximum absolute atomic E-state index is 13.0. The van der Waals surface area contributed by atoms with Crippen molar-refractivity contribution in [3.8, 4) is 11.5 Å². The zero-order valence-electron chi connectivity index (χ0n) is 16.9. The predicted molar refractivity (Wildman–Crippen MR) is 112 cm³/mol. The van der Waals surface area contributed by atoms with E-state index in [0.717, 1.165) is 24.1 Å². The van der Waals surface area contributed by atoms with Crippen LogP contribution in [0.2, 0.25) is 0 Å². The zero-order valence-corrected chi connectivity index (χ0v) is 17.7. The molecule has 0 bridgehead atoms. The Morgan fingerprint density at radius 3 is 2.70 bits per heavy atom. The van der Waals surface area contributed by atoms with Crippen molar-refractivity contribution in [2.45, 2.75) is 30.3 Å². The maximum Gasteiger partial charge on any atom is 0.265 e. The van der Waals surface area contributed by atoms with Crippen molar-refractivity contribution in [1.82, 2.24) is 0 Å². The number of carbonyl (C=O) groups excluding carboxylic acids is 1. The van der Waals surface area contributed by atoms with E-state index < -0.39 is 10.0 Å². The van der Waals surface area contributed by atoms with Gasteiger partial charge in [0.05, 0.1) is 14.2 Å². The highest BCUT2D eigenvalue weighted by Crippen LogP contribution is 2.34. The van der Waals surface area contributed by atoms with Crippen LogP contribution in [0.15, 0.2) is 41.3 Å². The number of carbonyl (C=O) groups is 1. The standard InChI is InChI=1S/C21H24N2O6S/c1-27-16-6-8-18(28-2)20(13-16)30(25,26)22-15-5-7-17-14(12-15)9-10-23(17)21(24)19-4-3-11-29-19/h5-8,12-13,19,22H,3-4,9-11H2,1-2H3. The molecule has 4 rings (SSSR count). The van der Waals surface area contributed by atoms with Crippen LogP contribution in [-0.4, -0.2) is 47.8 Å². The van der Waals surface area contributed by atoms with Gasteiger partial charge in [0.1, 0.15) is 22.5 Å². The molecule has 9 heteroatoms. The van der Waals surface area contributed by atoms with Gasteiger partial charge in [0.2, 0.25) is 0 Å². The van der Waals surface area contributed by atoms with Gasteiger partial charge >= 0.3 is 0 Å². The lowest BCUT2D eigenvalue weighted by Crippen LogP contribution is -2.37. The predicted octanol–water partition coefficient (Wildman–Crippen LogP) is 2.57. The average molecular weight is 432 g/mol. The number of rotatable bonds is 6. The van der Waals surface area contributed by atoms with E-state index in [4.69, 9.17) is 14.2 Å². The normalized spacial score (nSPS) is 18.2. The summed E-state index contributed by atoms with van der Waals surface area (Å²) in [5.41, 5.74) is 2.14. The second-order valence-electron chi connectivity index (χ2n) is 7.21. The molecule has 1 saturated heterocycles. The molecule has 1 unspecified atom stereocenters. The minimum Gasteiger partial charge on any atom is -0.497 e. The van der Waals surface area contributed by atoms with E-state index in [1.807, 2.05) is 0 Å². The van der Waals surface area contributed by atoms with E-state index in [0.29, 0.717) is 31.0 Å². The van der Waals surface area contributed by atoms with E-state index in [2.05, 4.69) is 4.72 Å². The van der Waals surface area contributed by atoms with Crippen LogP contribution < -0.4 is 19.1 Å². The summed E-state index contributed by atoms with van der Waals surface area (Å²) in [6.07, 6.45) is 1.91. The number of hydrogen-bond donors (Lipinski definition) is 1. The molecule has 30 heavy (non-hydrogen) atoms. The van der Waals surface area contributed by atoms with Gasteiger partial charge in [-0.3, -0.25) is 9.52 Å². The number of nitrogens with zero attached hydrogens (tertiary/aromatic N) is 1. The van der Waals surface area contributed by atoms with Crippen LogP contribution in [0.25, 0.3) is 0 Å². The number of fused-ring (bicyclic) bond motifs is 1. The number of ether oxygens (including phenoxy) is 3. The van der Waals surface area contributed by atoms with Gasteiger partial charge < -0.3 is 19.1 Å². The molecule has 0 aromatic heterocycles. The van der Waals surface area contributed by atoms with Crippen molar-refractivity contribution in [2.75, 3.05) is 37.0 Å². The Hall–Kier alpha value is -2.78. The number of benzene rings is 2. The van der Waals surface area contributed by atoms with Gasteiger partial charge in [0.15, 0.2) is 0 Å². The smallest absolute Gasteiger partial charge is 0.265 e. The first-order valence-electron chi connectivity index (χ1n) is 9.73. The molecule has 2 heterocycles. The average Bonchev–Trinajstić information content (AvgIpc) is 3.42. The lowest BCUT2D eigenvalue weighted by molar-refractivity contribution is -0.127. The number of methoxy groups -OCH3 is 2. The molecule has 8 nitrogen and oxygen atoms in total. The largest absolute Gasteiger partial charge is 0.497 e. The second-order valence-corrected chi connectivity index (χ2v) is 8.86. The molecule has 160 valence electrons. The summed E-state index contributed by atoms with van der Waals surface area (Å²) in [6, 6.07) is 9.79. The molecule has 1 atom stereocenters. The Morgan fingerprint density at radius 2 is 2.00 bits per heavy atom.